The number of hydrogen-bond acceptors (Lipinski definition) is 6. The monoisotopic (exact) mass is 452 g/mol. The first-order valence-electron chi connectivity index (χ1n) is 10.1. The number of hydrogen-bond donors (Lipinski definition) is 0. The van der Waals surface area contributed by atoms with E-state index in [1.54, 1.807) is 48.5 Å². The molecule has 0 fully saturated rings. The summed E-state index contributed by atoms with van der Waals surface area (Å²) in [6.45, 7) is 0.115. The molecule has 3 aromatic carbocycles. The largest absolute Gasteiger partial charge is 0.496 e. The number of carbonyl (C=O) groups is 2. The molecular formula is C25H25O6P. The van der Waals surface area contributed by atoms with Gasteiger partial charge in [0.05, 0.1) is 20.6 Å². The molecule has 1 atom stereocenters. The molecule has 0 saturated carbocycles. The summed E-state index contributed by atoms with van der Waals surface area (Å²) >= 11 is 0. The van der Waals surface area contributed by atoms with E-state index in [0.717, 1.165) is 5.56 Å². The molecule has 0 heterocycles. The Morgan fingerprint density at radius 2 is 1.34 bits per heavy atom. The van der Waals surface area contributed by atoms with E-state index in [1.807, 2.05) is 30.3 Å². The minimum atomic E-state index is -3.71. The molecule has 3 aromatic rings. The zero-order chi connectivity index (χ0) is 23.0. The van der Waals surface area contributed by atoms with Gasteiger partial charge >= 0.3 is 5.97 Å². The molecule has 0 N–H and O–H groups in total. The van der Waals surface area contributed by atoms with Crippen LogP contribution in [0.15, 0.2) is 78.9 Å². The molecule has 3 rings (SSSR count). The van der Waals surface area contributed by atoms with Crippen molar-refractivity contribution in [1.29, 1.82) is 0 Å². The van der Waals surface area contributed by atoms with E-state index in [9.17, 15) is 14.2 Å². The van der Waals surface area contributed by atoms with Crippen LogP contribution in [-0.4, -0.2) is 31.9 Å². The summed E-state index contributed by atoms with van der Waals surface area (Å²) < 4.78 is 30.2. The smallest absolute Gasteiger partial charge is 0.306 e. The van der Waals surface area contributed by atoms with Crippen LogP contribution in [-0.2, 0) is 20.7 Å². The van der Waals surface area contributed by atoms with E-state index in [0.29, 0.717) is 5.30 Å². The molecule has 0 aliphatic rings. The average molecular weight is 452 g/mol. The van der Waals surface area contributed by atoms with Gasteiger partial charge in [0.25, 0.3) is 0 Å². The van der Waals surface area contributed by atoms with Crippen molar-refractivity contribution in [3.05, 3.63) is 90.0 Å². The Hall–Kier alpha value is -3.37. The van der Waals surface area contributed by atoms with Crippen LogP contribution in [0.25, 0.3) is 0 Å². The summed E-state index contributed by atoms with van der Waals surface area (Å²) in [6, 6.07) is 22.6. The molecule has 0 aliphatic heterocycles. The van der Waals surface area contributed by atoms with Crippen molar-refractivity contribution in [2.45, 2.75) is 13.0 Å². The van der Waals surface area contributed by atoms with Gasteiger partial charge in [-0.1, -0.05) is 66.7 Å². The zero-order valence-electron chi connectivity index (χ0n) is 18.0. The molecule has 0 spiro atoms. The molecule has 32 heavy (non-hydrogen) atoms. The maximum absolute atomic E-state index is 14.2. The van der Waals surface area contributed by atoms with Gasteiger partial charge in [0.1, 0.15) is 23.7 Å². The molecule has 166 valence electrons. The Morgan fingerprint density at radius 1 is 0.781 bits per heavy atom. The minimum Gasteiger partial charge on any atom is -0.496 e. The summed E-state index contributed by atoms with van der Waals surface area (Å²) in [7, 11) is -0.853. The Kier molecular flexibility index (Phi) is 7.85. The number of carbonyl (C=O) groups excluding carboxylic acids is 2. The second-order valence-electron chi connectivity index (χ2n) is 7.04. The van der Waals surface area contributed by atoms with E-state index in [4.69, 9.17) is 14.2 Å². The van der Waals surface area contributed by atoms with Gasteiger partial charge in [0.15, 0.2) is 7.14 Å². The predicted octanol–water partition coefficient (Wildman–Crippen LogP) is 4.67. The summed E-state index contributed by atoms with van der Waals surface area (Å²) in [5, 5.41) is 0.369. The average Bonchev–Trinajstić information content (AvgIpc) is 2.86. The maximum atomic E-state index is 14.2. The molecule has 7 heteroatoms. The van der Waals surface area contributed by atoms with Gasteiger partial charge in [-0.2, -0.15) is 0 Å². The highest BCUT2D eigenvalue weighted by Gasteiger charge is 2.38. The molecule has 0 amide bonds. The van der Waals surface area contributed by atoms with Crippen LogP contribution < -0.4 is 14.8 Å². The van der Waals surface area contributed by atoms with Gasteiger partial charge in [-0.3, -0.25) is 9.59 Å². The van der Waals surface area contributed by atoms with Crippen molar-refractivity contribution in [2.24, 2.45) is 0 Å². The Bertz CT molecular complexity index is 1090. The molecule has 0 bridgehead atoms. The third-order valence-corrected chi connectivity index (χ3v) is 7.88. The fraction of sp³-hybridized carbons (Fsp3) is 0.200. The summed E-state index contributed by atoms with van der Waals surface area (Å²) in [5.41, 5.74) is 0.332. The minimum absolute atomic E-state index is 0.0994. The lowest BCUT2D eigenvalue weighted by molar-refractivity contribution is -0.144. The SMILES string of the molecule is COc1cccc(OC)c1C(=O)P(=O)(CCC(=O)OCc1ccccc1)c1ccccc1. The quantitative estimate of drug-likeness (QED) is 0.329. The van der Waals surface area contributed by atoms with Crippen LogP contribution in [0.2, 0.25) is 0 Å². The van der Waals surface area contributed by atoms with Gasteiger partial charge in [0, 0.05) is 11.5 Å². The number of ether oxygens (including phenoxy) is 3. The van der Waals surface area contributed by atoms with Crippen LogP contribution in [0.1, 0.15) is 22.3 Å². The number of methoxy groups -OCH3 is 2. The van der Waals surface area contributed by atoms with Crippen molar-refractivity contribution < 1.29 is 28.4 Å². The third kappa shape index (κ3) is 5.27. The van der Waals surface area contributed by atoms with E-state index >= 15 is 0 Å². The Morgan fingerprint density at radius 3 is 1.91 bits per heavy atom. The van der Waals surface area contributed by atoms with Gasteiger partial charge < -0.3 is 18.8 Å². The van der Waals surface area contributed by atoms with Crippen molar-refractivity contribution in [1.82, 2.24) is 0 Å². The lowest BCUT2D eigenvalue weighted by Gasteiger charge is -2.20. The lowest BCUT2D eigenvalue weighted by Crippen LogP contribution is -2.19. The first-order chi connectivity index (χ1) is 15.5. The number of esters is 1. The fourth-order valence-electron chi connectivity index (χ4n) is 3.32. The summed E-state index contributed by atoms with van der Waals surface area (Å²) in [4.78, 5) is 26.0. The van der Waals surface area contributed by atoms with Crippen molar-refractivity contribution in [2.75, 3.05) is 20.4 Å². The molecule has 6 nitrogen and oxygen atoms in total. The molecular weight excluding hydrogens is 427 g/mol. The van der Waals surface area contributed by atoms with E-state index in [1.165, 1.54) is 14.2 Å². The second kappa shape index (κ2) is 10.8. The highest BCUT2D eigenvalue weighted by molar-refractivity contribution is 7.87. The molecule has 0 aliphatic carbocycles. The third-order valence-electron chi connectivity index (χ3n) is 5.02. The first kappa shape index (κ1) is 23.3. The summed E-state index contributed by atoms with van der Waals surface area (Å²) in [6.07, 6.45) is -0.327. The standard InChI is InChI=1S/C25H25O6P/c1-29-21-14-9-15-22(30-2)24(21)25(27)32(28,20-12-7-4-8-13-20)17-16-23(26)31-18-19-10-5-3-6-11-19/h3-15H,16-18H2,1-2H3. The lowest BCUT2D eigenvalue weighted by atomic mass is 10.2. The first-order valence-corrected chi connectivity index (χ1v) is 12.0. The predicted molar refractivity (Wildman–Crippen MR) is 123 cm³/mol. The van der Waals surface area contributed by atoms with Gasteiger partial charge in [-0.05, 0) is 17.7 Å². The molecule has 0 aromatic heterocycles. The van der Waals surface area contributed by atoms with E-state index in [-0.39, 0.29) is 36.3 Å². The topological polar surface area (TPSA) is 78.9 Å². The van der Waals surface area contributed by atoms with Gasteiger partial charge in [-0.25, -0.2) is 0 Å². The van der Waals surface area contributed by atoms with Crippen LogP contribution in [0, 0.1) is 0 Å². The van der Waals surface area contributed by atoms with Crippen LogP contribution >= 0.6 is 7.14 Å². The number of rotatable bonds is 10. The molecule has 0 saturated heterocycles. The Labute approximate surface area is 187 Å². The summed E-state index contributed by atoms with van der Waals surface area (Å²) in [5.74, 6) is -0.000814. The maximum Gasteiger partial charge on any atom is 0.306 e. The highest BCUT2D eigenvalue weighted by atomic mass is 31.2. The normalized spacial score (nSPS) is 12.4. The Balaban J connectivity index is 1.87. The van der Waals surface area contributed by atoms with Gasteiger partial charge in [-0.15, -0.1) is 0 Å². The van der Waals surface area contributed by atoms with Crippen molar-refractivity contribution >= 4 is 23.9 Å². The van der Waals surface area contributed by atoms with Crippen LogP contribution in [0.4, 0.5) is 0 Å². The molecule has 1 unspecified atom stereocenters. The van der Waals surface area contributed by atoms with Crippen LogP contribution in [0.5, 0.6) is 11.5 Å². The second-order valence-corrected chi connectivity index (χ2v) is 9.89. The van der Waals surface area contributed by atoms with E-state index in [2.05, 4.69) is 0 Å². The molecule has 0 radical (unpaired) electrons. The van der Waals surface area contributed by atoms with Crippen molar-refractivity contribution in [3.8, 4) is 11.5 Å². The fourth-order valence-corrected chi connectivity index (χ4v) is 5.75. The van der Waals surface area contributed by atoms with Crippen LogP contribution in [0.3, 0.4) is 0 Å². The number of benzene rings is 3. The zero-order valence-corrected chi connectivity index (χ0v) is 18.9. The van der Waals surface area contributed by atoms with Crippen molar-refractivity contribution in [3.63, 3.8) is 0 Å². The highest BCUT2D eigenvalue weighted by Crippen LogP contribution is 2.51. The van der Waals surface area contributed by atoms with Gasteiger partial charge in [0.2, 0.25) is 5.52 Å². The van der Waals surface area contributed by atoms with E-state index < -0.39 is 18.6 Å².